The molecule has 0 nitrogen and oxygen atoms in total. The van der Waals surface area contributed by atoms with Crippen molar-refractivity contribution in [2.75, 3.05) is 24.6 Å². The molecule has 0 unspecified atom stereocenters. The van der Waals surface area contributed by atoms with E-state index in [9.17, 15) is 0 Å². The molecule has 0 aliphatic carbocycles. The van der Waals surface area contributed by atoms with Crippen LogP contribution in [0.4, 0.5) is 0 Å². The summed E-state index contributed by atoms with van der Waals surface area (Å²) in [4.78, 5) is 0. The number of hydrogen-bond acceptors (Lipinski definition) is 0. The standard InChI is InChI=1S/C40H84BrP/c1-5-9-13-17-21-22-23-24-25-26-27-28-32-36-40-42(41,37-33-29-18-14-10-6-2,38-34-30-19-15-11-7-3)39-35-31-20-16-12-8-4/h5-40H2,1-4H3. The van der Waals surface area contributed by atoms with Gasteiger partial charge in [0.25, 0.3) is 0 Å². The zero-order chi connectivity index (χ0) is 30.9. The Morgan fingerprint density at radius 1 is 0.238 bits per heavy atom. The fourth-order valence-corrected chi connectivity index (χ4v) is 15.6. The molecule has 42 heavy (non-hydrogen) atoms. The molecule has 0 fully saturated rings. The Hall–Kier alpha value is 0.910. The van der Waals surface area contributed by atoms with Gasteiger partial charge in [-0.3, -0.25) is 0 Å². The molecule has 0 saturated heterocycles. The third-order valence-electron chi connectivity index (χ3n) is 10.3. The molecule has 0 spiro atoms. The van der Waals surface area contributed by atoms with Crippen LogP contribution in [0.5, 0.6) is 0 Å². The average molecular weight is 676 g/mol. The Labute approximate surface area is 277 Å². The average Bonchev–Trinajstić information content (AvgIpc) is 2.99. The molecule has 0 aromatic heterocycles. The van der Waals surface area contributed by atoms with E-state index in [4.69, 9.17) is 15.5 Å². The van der Waals surface area contributed by atoms with Crippen molar-refractivity contribution >= 4 is 20.8 Å². The van der Waals surface area contributed by atoms with E-state index in [1.165, 1.54) is 205 Å². The van der Waals surface area contributed by atoms with E-state index in [1.807, 2.05) is 0 Å². The molecular formula is C40H84BrP. The summed E-state index contributed by atoms with van der Waals surface area (Å²) < 4.78 is 0. The fourth-order valence-electron chi connectivity index (χ4n) is 7.23. The van der Waals surface area contributed by atoms with Gasteiger partial charge in [0.15, 0.2) is 0 Å². The van der Waals surface area contributed by atoms with Gasteiger partial charge in [0.2, 0.25) is 0 Å². The number of hydrogen-bond donors (Lipinski definition) is 0. The van der Waals surface area contributed by atoms with Gasteiger partial charge in [-0.1, -0.05) is 26.2 Å². The predicted octanol–water partition coefficient (Wildman–Crippen LogP) is 16.4. The van der Waals surface area contributed by atoms with Crippen LogP contribution in [0, 0.1) is 0 Å². The molecule has 0 rings (SSSR count). The molecule has 0 aromatic carbocycles. The Morgan fingerprint density at radius 3 is 0.548 bits per heavy atom. The first kappa shape index (κ1) is 42.9. The van der Waals surface area contributed by atoms with Crippen molar-refractivity contribution in [3.05, 3.63) is 0 Å². The molecule has 0 heterocycles. The zero-order valence-electron chi connectivity index (χ0n) is 30.3. The SMILES string of the molecule is CCCCCCCCCCCCCCCCP(Br)(CCCCCCCC)(CCCCCCCC)CCCCCCCC. The van der Waals surface area contributed by atoms with E-state index in [-0.39, 0.29) is 0 Å². The van der Waals surface area contributed by atoms with Gasteiger partial charge in [0, 0.05) is 0 Å². The van der Waals surface area contributed by atoms with Gasteiger partial charge in [-0.15, -0.1) is 0 Å². The molecule has 0 saturated carbocycles. The van der Waals surface area contributed by atoms with Crippen LogP contribution in [-0.4, -0.2) is 24.6 Å². The summed E-state index contributed by atoms with van der Waals surface area (Å²) in [6, 6.07) is 0. The van der Waals surface area contributed by atoms with E-state index in [2.05, 4.69) is 27.7 Å². The van der Waals surface area contributed by atoms with Crippen LogP contribution in [-0.2, 0) is 0 Å². The van der Waals surface area contributed by atoms with Crippen molar-refractivity contribution in [1.82, 2.24) is 0 Å². The first-order valence-electron chi connectivity index (χ1n) is 20.3. The molecule has 2 heteroatoms. The summed E-state index contributed by atoms with van der Waals surface area (Å²) >= 11 is 4.81. The monoisotopic (exact) mass is 675 g/mol. The van der Waals surface area contributed by atoms with Crippen molar-refractivity contribution in [3.63, 3.8) is 0 Å². The minimum absolute atomic E-state index is 1.37. The maximum absolute atomic E-state index is 4.81. The van der Waals surface area contributed by atoms with E-state index < -0.39 is 5.31 Å². The van der Waals surface area contributed by atoms with Crippen LogP contribution < -0.4 is 0 Å². The first-order chi connectivity index (χ1) is 20.5. The zero-order valence-corrected chi connectivity index (χ0v) is 32.8. The third kappa shape index (κ3) is 27.2. The van der Waals surface area contributed by atoms with Crippen LogP contribution in [0.3, 0.4) is 0 Å². The first-order valence-corrected chi connectivity index (χ1v) is 25.3. The second-order valence-corrected chi connectivity index (χ2v) is 26.1. The van der Waals surface area contributed by atoms with E-state index in [0.717, 1.165) is 0 Å². The number of halogens is 1. The molecule has 0 amide bonds. The summed E-state index contributed by atoms with van der Waals surface area (Å²) in [5.74, 6) is 0. The minimum atomic E-state index is -1.79. The summed E-state index contributed by atoms with van der Waals surface area (Å²) in [6.45, 7) is 9.37. The fraction of sp³-hybridized carbons (Fsp3) is 1.00. The summed E-state index contributed by atoms with van der Waals surface area (Å²) in [7, 11) is 0. The van der Waals surface area contributed by atoms with Crippen molar-refractivity contribution in [2.24, 2.45) is 0 Å². The molecule has 0 atom stereocenters. The molecule has 0 N–H and O–H groups in total. The Kier molecular flexibility index (Phi) is 32.6. The van der Waals surface area contributed by atoms with E-state index in [1.54, 1.807) is 24.6 Å². The Morgan fingerprint density at radius 2 is 0.381 bits per heavy atom. The van der Waals surface area contributed by atoms with Crippen molar-refractivity contribution in [2.45, 2.75) is 233 Å². The Bertz CT molecular complexity index is 474. The van der Waals surface area contributed by atoms with Gasteiger partial charge < -0.3 is 0 Å². The van der Waals surface area contributed by atoms with Gasteiger partial charge in [0.05, 0.1) is 0 Å². The van der Waals surface area contributed by atoms with Crippen LogP contribution in [0.25, 0.3) is 0 Å². The molecule has 0 aliphatic heterocycles. The third-order valence-corrected chi connectivity index (χ3v) is 20.3. The molecule has 256 valence electrons. The summed E-state index contributed by atoms with van der Waals surface area (Å²) in [5.41, 5.74) is 0. The molecule has 0 aromatic rings. The number of unbranched alkanes of at least 4 members (excludes halogenated alkanes) is 28. The van der Waals surface area contributed by atoms with Gasteiger partial charge in [-0.05, 0) is 0 Å². The van der Waals surface area contributed by atoms with Crippen molar-refractivity contribution < 1.29 is 0 Å². The number of rotatable bonds is 36. The Balaban J connectivity index is 4.73. The van der Waals surface area contributed by atoms with Crippen molar-refractivity contribution in [1.29, 1.82) is 0 Å². The van der Waals surface area contributed by atoms with Gasteiger partial charge in [-0.2, -0.15) is 0 Å². The topological polar surface area (TPSA) is 0 Å². The molecule has 0 aliphatic rings. The normalized spacial score (nSPS) is 13.0. The van der Waals surface area contributed by atoms with E-state index in [0.29, 0.717) is 0 Å². The quantitative estimate of drug-likeness (QED) is 0.0458. The maximum atomic E-state index is 4.81. The van der Waals surface area contributed by atoms with Crippen LogP contribution >= 0.6 is 20.8 Å². The van der Waals surface area contributed by atoms with Crippen LogP contribution in [0.2, 0.25) is 0 Å². The predicted molar refractivity (Wildman–Crippen MR) is 206 cm³/mol. The molecule has 0 radical (unpaired) electrons. The molecule has 0 bridgehead atoms. The van der Waals surface area contributed by atoms with Crippen LogP contribution in [0.15, 0.2) is 0 Å². The van der Waals surface area contributed by atoms with Gasteiger partial charge in [0.1, 0.15) is 0 Å². The van der Waals surface area contributed by atoms with Crippen LogP contribution in [0.1, 0.15) is 233 Å². The summed E-state index contributed by atoms with van der Waals surface area (Å²) in [6.07, 6.45) is 53.0. The van der Waals surface area contributed by atoms with Gasteiger partial charge in [-0.25, -0.2) is 0 Å². The molecular weight excluding hydrogens is 591 g/mol. The summed E-state index contributed by atoms with van der Waals surface area (Å²) in [5, 5.41) is -1.79. The second kappa shape index (κ2) is 31.9. The second-order valence-electron chi connectivity index (χ2n) is 14.6. The van der Waals surface area contributed by atoms with Gasteiger partial charge >= 0.3 is 252 Å². The van der Waals surface area contributed by atoms with E-state index >= 15 is 0 Å². The van der Waals surface area contributed by atoms with Crippen molar-refractivity contribution in [3.8, 4) is 0 Å².